The van der Waals surface area contributed by atoms with Gasteiger partial charge in [0.05, 0.1) is 0 Å². The Morgan fingerprint density at radius 2 is 1.85 bits per heavy atom. The minimum atomic E-state index is -0.732. The Kier molecular flexibility index (Phi) is 5.88. The minimum Gasteiger partial charge on any atom is -0.444 e. The Bertz CT molecular complexity index is 457. The summed E-state index contributed by atoms with van der Waals surface area (Å²) < 4.78 is 7.38. The average Bonchev–Trinajstić information content (AvgIpc) is 2.36. The van der Waals surface area contributed by atoms with Gasteiger partial charge in [0.15, 0.2) is 0 Å². The van der Waals surface area contributed by atoms with E-state index in [2.05, 4.69) is 22.9 Å². The first-order valence-corrected chi connectivity index (χ1v) is 6.74. The zero-order valence-electron chi connectivity index (χ0n) is 11.8. The molecule has 1 atom stereocenters. The largest absolute Gasteiger partial charge is 0.444 e. The molecule has 0 bridgehead atoms. The molecule has 0 fully saturated rings. The fourth-order valence-electron chi connectivity index (χ4n) is 1.59. The number of carbonyl (C=O) groups excluding carboxylic acids is 2. The van der Waals surface area contributed by atoms with Crippen molar-refractivity contribution in [2.75, 3.05) is 0 Å². The lowest BCUT2D eigenvalue weighted by atomic mass is 10.1. The van der Waals surface area contributed by atoms with E-state index in [1.54, 1.807) is 20.8 Å². The smallest absolute Gasteiger partial charge is 0.408 e. The minimum absolute atomic E-state index is 0.368. The molecule has 20 heavy (non-hydrogen) atoms. The van der Waals surface area contributed by atoms with E-state index in [1.807, 2.05) is 30.3 Å². The standard InChI is InChI=1S/C14H20N2O3S/c1-14(2,3)19-13(18)15-11(12(17)16-20)9-10-7-5-4-6-8-10/h4-8,11,20H,9H2,1-3H3,(H,15,18)(H,16,17). The van der Waals surface area contributed by atoms with Gasteiger partial charge in [0.2, 0.25) is 0 Å². The molecule has 2 amide bonds. The Morgan fingerprint density at radius 1 is 1.25 bits per heavy atom. The third kappa shape index (κ3) is 5.97. The van der Waals surface area contributed by atoms with Crippen molar-refractivity contribution in [3.05, 3.63) is 35.9 Å². The van der Waals surface area contributed by atoms with E-state index < -0.39 is 17.7 Å². The zero-order chi connectivity index (χ0) is 15.2. The van der Waals surface area contributed by atoms with Crippen molar-refractivity contribution in [2.45, 2.75) is 38.8 Å². The van der Waals surface area contributed by atoms with Gasteiger partial charge in [-0.3, -0.25) is 4.79 Å². The fraction of sp³-hybridized carbons (Fsp3) is 0.429. The third-order valence-electron chi connectivity index (χ3n) is 2.40. The van der Waals surface area contributed by atoms with Crippen LogP contribution in [0.3, 0.4) is 0 Å². The van der Waals surface area contributed by atoms with Crippen LogP contribution in [0.5, 0.6) is 0 Å². The molecule has 0 saturated carbocycles. The van der Waals surface area contributed by atoms with Crippen molar-refractivity contribution < 1.29 is 14.3 Å². The van der Waals surface area contributed by atoms with Crippen LogP contribution in [0.4, 0.5) is 4.79 Å². The van der Waals surface area contributed by atoms with Gasteiger partial charge in [-0.1, -0.05) is 43.1 Å². The first-order chi connectivity index (χ1) is 9.31. The summed E-state index contributed by atoms with van der Waals surface area (Å²) in [6.07, 6.45) is -0.262. The molecule has 1 aromatic rings. The van der Waals surface area contributed by atoms with E-state index >= 15 is 0 Å². The van der Waals surface area contributed by atoms with Crippen molar-refractivity contribution in [1.29, 1.82) is 0 Å². The number of rotatable bonds is 4. The molecule has 110 valence electrons. The fourth-order valence-corrected chi connectivity index (χ4v) is 1.74. The van der Waals surface area contributed by atoms with Gasteiger partial charge in [-0.05, 0) is 26.3 Å². The number of benzene rings is 1. The highest BCUT2D eigenvalue weighted by Crippen LogP contribution is 2.08. The molecule has 0 aliphatic heterocycles. The van der Waals surface area contributed by atoms with Crippen LogP contribution in [0.15, 0.2) is 30.3 Å². The SMILES string of the molecule is CC(C)(C)OC(=O)NC(Cc1ccccc1)C(=O)NS. The molecule has 1 unspecified atom stereocenters. The quantitative estimate of drug-likeness (QED) is 0.745. The van der Waals surface area contributed by atoms with E-state index in [9.17, 15) is 9.59 Å². The van der Waals surface area contributed by atoms with Gasteiger partial charge in [-0.25, -0.2) is 4.79 Å². The molecule has 0 aromatic heterocycles. The molecule has 0 heterocycles. The van der Waals surface area contributed by atoms with E-state index in [4.69, 9.17) is 4.74 Å². The number of carbonyl (C=O) groups is 2. The molecule has 5 nitrogen and oxygen atoms in total. The first kappa shape index (κ1) is 16.4. The number of hydrogen-bond acceptors (Lipinski definition) is 4. The summed E-state index contributed by atoms with van der Waals surface area (Å²) in [5.74, 6) is -0.386. The van der Waals surface area contributed by atoms with Crippen LogP contribution < -0.4 is 10.0 Å². The Hall–Kier alpha value is -1.69. The number of amides is 2. The van der Waals surface area contributed by atoms with Gasteiger partial charge in [-0.15, -0.1) is 0 Å². The first-order valence-electron chi connectivity index (χ1n) is 6.29. The van der Waals surface area contributed by atoms with Crippen LogP contribution in [0.1, 0.15) is 26.3 Å². The van der Waals surface area contributed by atoms with Crippen molar-refractivity contribution in [2.24, 2.45) is 0 Å². The highest BCUT2D eigenvalue weighted by Gasteiger charge is 2.24. The summed E-state index contributed by atoms with van der Waals surface area (Å²) in [4.78, 5) is 23.5. The van der Waals surface area contributed by atoms with E-state index in [0.717, 1.165) is 5.56 Å². The molecule has 2 N–H and O–H groups in total. The summed E-state index contributed by atoms with van der Waals surface area (Å²) in [6, 6.07) is 8.67. The van der Waals surface area contributed by atoms with Crippen molar-refractivity contribution in [1.82, 2.24) is 10.0 Å². The number of nitrogens with one attached hydrogen (secondary N) is 2. The second-order valence-electron chi connectivity index (χ2n) is 5.36. The molecule has 1 rings (SSSR count). The maximum Gasteiger partial charge on any atom is 0.408 e. The highest BCUT2D eigenvalue weighted by molar-refractivity contribution is 7.78. The second-order valence-corrected chi connectivity index (χ2v) is 5.59. The van der Waals surface area contributed by atoms with Gasteiger partial charge in [-0.2, -0.15) is 0 Å². The summed E-state index contributed by atoms with van der Waals surface area (Å²) in [6.45, 7) is 5.28. The molecule has 1 aromatic carbocycles. The summed E-state index contributed by atoms with van der Waals surface area (Å²) >= 11 is 3.74. The zero-order valence-corrected chi connectivity index (χ0v) is 12.7. The monoisotopic (exact) mass is 296 g/mol. The molecule has 0 spiro atoms. The van der Waals surface area contributed by atoms with E-state index in [0.29, 0.717) is 6.42 Å². The van der Waals surface area contributed by atoms with Crippen molar-refractivity contribution in [3.63, 3.8) is 0 Å². The van der Waals surface area contributed by atoms with Crippen LogP contribution in [-0.2, 0) is 16.0 Å². The third-order valence-corrected chi connectivity index (χ3v) is 2.62. The summed E-state index contributed by atoms with van der Waals surface area (Å²) in [5.41, 5.74) is 0.323. The molecule has 6 heteroatoms. The lowest BCUT2D eigenvalue weighted by Crippen LogP contribution is -2.47. The molecule has 0 radical (unpaired) electrons. The van der Waals surface area contributed by atoms with Crippen LogP contribution in [0, 0.1) is 0 Å². The number of alkyl carbamates (subject to hydrolysis) is 1. The van der Waals surface area contributed by atoms with Crippen molar-refractivity contribution in [3.8, 4) is 0 Å². The van der Waals surface area contributed by atoms with Gasteiger partial charge >= 0.3 is 6.09 Å². The number of hydrogen-bond donors (Lipinski definition) is 3. The van der Waals surface area contributed by atoms with Gasteiger partial charge in [0.25, 0.3) is 5.91 Å². The van der Waals surface area contributed by atoms with Gasteiger partial charge in [0, 0.05) is 6.42 Å². The second kappa shape index (κ2) is 7.19. The Balaban J connectivity index is 2.70. The molecule has 0 aliphatic carbocycles. The number of thiol groups is 1. The Labute approximate surface area is 124 Å². The molecule has 0 aliphatic rings. The predicted molar refractivity (Wildman–Crippen MR) is 80.4 cm³/mol. The summed E-state index contributed by atoms with van der Waals surface area (Å²) in [5, 5.41) is 2.55. The highest BCUT2D eigenvalue weighted by atomic mass is 32.1. The van der Waals surface area contributed by atoms with Gasteiger partial charge in [0.1, 0.15) is 11.6 Å². The molecular weight excluding hydrogens is 276 g/mol. The maximum atomic E-state index is 11.8. The van der Waals surface area contributed by atoms with Crippen LogP contribution in [0.2, 0.25) is 0 Å². The van der Waals surface area contributed by atoms with Gasteiger partial charge < -0.3 is 14.8 Å². The van der Waals surface area contributed by atoms with Crippen LogP contribution in [-0.4, -0.2) is 23.6 Å². The normalized spacial score (nSPS) is 12.4. The molecule has 0 saturated heterocycles. The predicted octanol–water partition coefficient (Wildman–Crippen LogP) is 2.08. The Morgan fingerprint density at radius 3 is 2.35 bits per heavy atom. The lowest BCUT2D eigenvalue weighted by Gasteiger charge is -2.22. The van der Waals surface area contributed by atoms with Crippen LogP contribution >= 0.6 is 12.8 Å². The number of ether oxygens (including phenoxy) is 1. The maximum absolute atomic E-state index is 11.8. The summed E-state index contributed by atoms with van der Waals surface area (Å²) in [7, 11) is 0. The van der Waals surface area contributed by atoms with E-state index in [-0.39, 0.29) is 5.91 Å². The van der Waals surface area contributed by atoms with E-state index in [1.165, 1.54) is 0 Å². The van der Waals surface area contributed by atoms with Crippen molar-refractivity contribution >= 4 is 24.8 Å². The van der Waals surface area contributed by atoms with Crippen LogP contribution in [0.25, 0.3) is 0 Å². The molecular formula is C14H20N2O3S. The lowest BCUT2D eigenvalue weighted by molar-refractivity contribution is -0.121. The topological polar surface area (TPSA) is 67.4 Å². The average molecular weight is 296 g/mol.